The summed E-state index contributed by atoms with van der Waals surface area (Å²) in [7, 11) is 0. The van der Waals surface area contributed by atoms with E-state index in [1.807, 2.05) is 12.1 Å². The van der Waals surface area contributed by atoms with Crippen LogP contribution in [0.4, 0.5) is 0 Å². The predicted octanol–water partition coefficient (Wildman–Crippen LogP) is 2.53. The first-order chi connectivity index (χ1) is 7.90. The van der Waals surface area contributed by atoms with Crippen LogP contribution in [0.5, 0.6) is 5.88 Å². The molecular weight excluding hydrogens is 202 g/mol. The molecule has 1 aromatic rings. The number of pyridine rings is 1. The van der Waals surface area contributed by atoms with Crippen LogP contribution < -0.4 is 4.74 Å². The van der Waals surface area contributed by atoms with Gasteiger partial charge in [0.05, 0.1) is 13.2 Å². The molecule has 1 aliphatic rings. The number of ether oxygens (including phenoxy) is 1. The van der Waals surface area contributed by atoms with Crippen molar-refractivity contribution in [1.29, 1.82) is 0 Å². The maximum Gasteiger partial charge on any atom is 0.218 e. The summed E-state index contributed by atoms with van der Waals surface area (Å²) < 4.78 is 5.70. The Morgan fingerprint density at radius 3 is 2.88 bits per heavy atom. The average molecular weight is 221 g/mol. The van der Waals surface area contributed by atoms with E-state index in [0.29, 0.717) is 11.8 Å². The van der Waals surface area contributed by atoms with Crippen molar-refractivity contribution in [1.82, 2.24) is 4.98 Å². The zero-order valence-electron chi connectivity index (χ0n) is 9.56. The number of aromatic nitrogens is 1. The van der Waals surface area contributed by atoms with Crippen molar-refractivity contribution in [3.05, 3.63) is 23.9 Å². The third-order valence-electron chi connectivity index (χ3n) is 3.20. The van der Waals surface area contributed by atoms with Crippen LogP contribution in [-0.2, 0) is 6.61 Å². The van der Waals surface area contributed by atoms with Crippen LogP contribution in [0.15, 0.2) is 18.3 Å². The molecule has 0 radical (unpaired) electrons. The molecule has 1 saturated carbocycles. The number of aliphatic hydroxyl groups excluding tert-OH is 1. The van der Waals surface area contributed by atoms with E-state index in [2.05, 4.69) is 4.98 Å². The fourth-order valence-electron chi connectivity index (χ4n) is 2.23. The van der Waals surface area contributed by atoms with E-state index in [1.165, 1.54) is 32.1 Å². The Hall–Kier alpha value is -1.09. The SMILES string of the molecule is OCc1cccnc1OCC1CCCCC1. The summed E-state index contributed by atoms with van der Waals surface area (Å²) in [4.78, 5) is 4.15. The van der Waals surface area contributed by atoms with E-state index in [1.54, 1.807) is 6.20 Å². The lowest BCUT2D eigenvalue weighted by Crippen LogP contribution is -2.16. The molecule has 1 aliphatic carbocycles. The number of hydrogen-bond acceptors (Lipinski definition) is 3. The first-order valence-electron chi connectivity index (χ1n) is 6.07. The zero-order chi connectivity index (χ0) is 11.2. The van der Waals surface area contributed by atoms with Gasteiger partial charge in [-0.2, -0.15) is 0 Å². The highest BCUT2D eigenvalue weighted by molar-refractivity contribution is 5.24. The minimum absolute atomic E-state index is 0.00611. The van der Waals surface area contributed by atoms with Gasteiger partial charge < -0.3 is 9.84 Å². The van der Waals surface area contributed by atoms with Crippen LogP contribution in [0.2, 0.25) is 0 Å². The number of hydrogen-bond donors (Lipinski definition) is 1. The maximum absolute atomic E-state index is 9.14. The van der Waals surface area contributed by atoms with Gasteiger partial charge in [0.15, 0.2) is 0 Å². The van der Waals surface area contributed by atoms with Crippen molar-refractivity contribution < 1.29 is 9.84 Å². The Labute approximate surface area is 96.5 Å². The summed E-state index contributed by atoms with van der Waals surface area (Å²) >= 11 is 0. The van der Waals surface area contributed by atoms with Crippen molar-refractivity contribution in [2.75, 3.05) is 6.61 Å². The first kappa shape index (κ1) is 11.4. The zero-order valence-corrected chi connectivity index (χ0v) is 9.56. The van der Waals surface area contributed by atoms with Crippen molar-refractivity contribution in [3.63, 3.8) is 0 Å². The normalized spacial score (nSPS) is 17.3. The molecule has 0 bridgehead atoms. The van der Waals surface area contributed by atoms with Crippen LogP contribution in [0.25, 0.3) is 0 Å². The standard InChI is InChI=1S/C13H19NO2/c15-9-12-7-4-8-14-13(12)16-10-11-5-2-1-3-6-11/h4,7-8,11,15H,1-3,5-6,9-10H2. The van der Waals surface area contributed by atoms with Gasteiger partial charge in [0, 0.05) is 11.8 Å². The quantitative estimate of drug-likeness (QED) is 0.849. The van der Waals surface area contributed by atoms with E-state index in [4.69, 9.17) is 9.84 Å². The minimum atomic E-state index is -0.00611. The van der Waals surface area contributed by atoms with Gasteiger partial charge in [-0.3, -0.25) is 0 Å². The van der Waals surface area contributed by atoms with Crippen LogP contribution in [0.3, 0.4) is 0 Å². The molecular formula is C13H19NO2. The van der Waals surface area contributed by atoms with E-state index in [0.717, 1.165) is 12.2 Å². The molecule has 0 saturated heterocycles. The van der Waals surface area contributed by atoms with Gasteiger partial charge in [0.2, 0.25) is 5.88 Å². The summed E-state index contributed by atoms with van der Waals surface area (Å²) in [5.74, 6) is 1.26. The van der Waals surface area contributed by atoms with Gasteiger partial charge in [-0.25, -0.2) is 4.98 Å². The van der Waals surface area contributed by atoms with E-state index in [-0.39, 0.29) is 6.61 Å². The Balaban J connectivity index is 1.88. The van der Waals surface area contributed by atoms with Gasteiger partial charge in [-0.15, -0.1) is 0 Å². The molecule has 0 aliphatic heterocycles. The third-order valence-corrected chi connectivity index (χ3v) is 3.20. The van der Waals surface area contributed by atoms with Gasteiger partial charge in [-0.05, 0) is 30.9 Å². The fraction of sp³-hybridized carbons (Fsp3) is 0.615. The summed E-state index contributed by atoms with van der Waals surface area (Å²) in [5, 5.41) is 9.14. The summed E-state index contributed by atoms with van der Waals surface area (Å²) in [5.41, 5.74) is 0.776. The largest absolute Gasteiger partial charge is 0.477 e. The van der Waals surface area contributed by atoms with Gasteiger partial charge in [-0.1, -0.05) is 19.3 Å². The average Bonchev–Trinajstić information content (AvgIpc) is 2.38. The van der Waals surface area contributed by atoms with Gasteiger partial charge in [0.1, 0.15) is 0 Å². The molecule has 0 aromatic carbocycles. The molecule has 16 heavy (non-hydrogen) atoms. The Bertz CT molecular complexity index is 321. The second-order valence-electron chi connectivity index (χ2n) is 4.44. The van der Waals surface area contributed by atoms with Crippen LogP contribution in [-0.4, -0.2) is 16.7 Å². The van der Waals surface area contributed by atoms with E-state index >= 15 is 0 Å². The molecule has 1 heterocycles. The maximum atomic E-state index is 9.14. The number of nitrogens with zero attached hydrogens (tertiary/aromatic N) is 1. The number of aliphatic hydroxyl groups is 1. The van der Waals surface area contributed by atoms with Gasteiger partial charge in [0.25, 0.3) is 0 Å². The summed E-state index contributed by atoms with van der Waals surface area (Å²) in [6.45, 7) is 0.734. The first-order valence-corrected chi connectivity index (χ1v) is 6.07. The topological polar surface area (TPSA) is 42.4 Å². The van der Waals surface area contributed by atoms with Crippen molar-refractivity contribution in [2.24, 2.45) is 5.92 Å². The third kappa shape index (κ3) is 2.95. The summed E-state index contributed by atoms with van der Waals surface area (Å²) in [6, 6.07) is 3.67. The second kappa shape index (κ2) is 5.85. The monoisotopic (exact) mass is 221 g/mol. The van der Waals surface area contributed by atoms with E-state index < -0.39 is 0 Å². The highest BCUT2D eigenvalue weighted by Crippen LogP contribution is 2.24. The molecule has 1 fully saturated rings. The molecule has 1 N–H and O–H groups in total. The van der Waals surface area contributed by atoms with Gasteiger partial charge >= 0.3 is 0 Å². The summed E-state index contributed by atoms with van der Waals surface area (Å²) in [6.07, 6.45) is 8.24. The lowest BCUT2D eigenvalue weighted by Gasteiger charge is -2.21. The molecule has 88 valence electrons. The molecule has 1 aromatic heterocycles. The van der Waals surface area contributed by atoms with Crippen molar-refractivity contribution >= 4 is 0 Å². The lowest BCUT2D eigenvalue weighted by molar-refractivity contribution is 0.195. The fourth-order valence-corrected chi connectivity index (χ4v) is 2.23. The number of rotatable bonds is 4. The second-order valence-corrected chi connectivity index (χ2v) is 4.44. The van der Waals surface area contributed by atoms with E-state index in [9.17, 15) is 0 Å². The van der Waals surface area contributed by atoms with Crippen molar-refractivity contribution in [2.45, 2.75) is 38.7 Å². The molecule has 2 rings (SSSR count). The van der Waals surface area contributed by atoms with Crippen LogP contribution >= 0.6 is 0 Å². The molecule has 0 spiro atoms. The molecule has 0 unspecified atom stereocenters. The highest BCUT2D eigenvalue weighted by Gasteiger charge is 2.14. The Morgan fingerprint density at radius 1 is 1.31 bits per heavy atom. The smallest absolute Gasteiger partial charge is 0.218 e. The predicted molar refractivity (Wildman–Crippen MR) is 62.2 cm³/mol. The molecule has 3 nitrogen and oxygen atoms in total. The lowest BCUT2D eigenvalue weighted by atomic mass is 9.90. The Kier molecular flexibility index (Phi) is 4.17. The molecule has 0 atom stereocenters. The van der Waals surface area contributed by atoms with Crippen molar-refractivity contribution in [3.8, 4) is 5.88 Å². The van der Waals surface area contributed by atoms with Crippen LogP contribution in [0.1, 0.15) is 37.7 Å². The molecule has 3 heteroatoms. The minimum Gasteiger partial charge on any atom is -0.477 e. The molecule has 0 amide bonds. The van der Waals surface area contributed by atoms with Crippen LogP contribution in [0, 0.1) is 5.92 Å². The Morgan fingerprint density at radius 2 is 2.12 bits per heavy atom. The highest BCUT2D eigenvalue weighted by atomic mass is 16.5.